The molecule has 0 amide bonds. The van der Waals surface area contributed by atoms with Crippen LogP contribution in [0.25, 0.3) is 0 Å². The molecule has 4 aromatic rings. The van der Waals surface area contributed by atoms with Gasteiger partial charge in [0.25, 0.3) is 0 Å². The van der Waals surface area contributed by atoms with Crippen LogP contribution in [0.15, 0.2) is 60.9 Å². The molecule has 0 spiro atoms. The number of fused-ring (bicyclic) bond motifs is 1. The number of ether oxygens (including phenoxy) is 2. The number of aliphatic hydroxyl groups excluding tert-OH is 2. The van der Waals surface area contributed by atoms with Crippen LogP contribution in [-0.4, -0.2) is 62.2 Å². The minimum Gasteiger partial charge on any atom is -0.668 e. The van der Waals surface area contributed by atoms with Crippen molar-refractivity contribution in [2.75, 3.05) is 19.5 Å². The van der Waals surface area contributed by atoms with Gasteiger partial charge in [-0.3, -0.25) is 4.79 Å². The molecule has 11 heteroatoms. The molecular weight excluding hydrogens is 626 g/mol. The lowest BCUT2D eigenvalue weighted by atomic mass is 9.58. The van der Waals surface area contributed by atoms with Gasteiger partial charge < -0.3 is 45.7 Å². The van der Waals surface area contributed by atoms with Crippen molar-refractivity contribution in [1.29, 1.82) is 0 Å². The number of phenols is 3. The average Bonchev–Trinajstić information content (AvgIpc) is 3.74. The first kappa shape index (κ1) is 34.1. The number of aromatic hydroxyl groups is 3. The van der Waals surface area contributed by atoms with E-state index in [9.17, 15) is 30.3 Å². The number of Topliss-reactive ketones (excluding diaryl/α,β-unsaturated/α-hetero) is 1. The number of ketones is 1. The van der Waals surface area contributed by atoms with E-state index in [-0.39, 0.29) is 53.9 Å². The van der Waals surface area contributed by atoms with E-state index in [0.29, 0.717) is 43.6 Å². The Morgan fingerprint density at radius 1 is 1.14 bits per heavy atom. The molecule has 1 saturated carbocycles. The number of benzene rings is 2. The maximum atomic E-state index is 14.8. The summed E-state index contributed by atoms with van der Waals surface area (Å²) in [6, 6.07) is 13.7. The van der Waals surface area contributed by atoms with Gasteiger partial charge in [0.1, 0.15) is 11.6 Å². The number of carbonyl (C=O) groups excluding carboxylic acids is 1. The minimum atomic E-state index is -1.13. The molecule has 0 radical (unpaired) electrons. The molecule has 1 aliphatic carbocycles. The molecule has 0 unspecified atom stereocenters. The summed E-state index contributed by atoms with van der Waals surface area (Å²) in [5.41, 5.74) is 9.15. The van der Waals surface area contributed by atoms with Crippen LogP contribution in [0.2, 0.25) is 0 Å². The number of anilines is 1. The number of aryl methyl sites for hydroxylation is 2. The highest BCUT2D eigenvalue weighted by Gasteiger charge is 2.57. The summed E-state index contributed by atoms with van der Waals surface area (Å²) >= 11 is 0. The van der Waals surface area contributed by atoms with Gasteiger partial charge in [-0.25, -0.2) is 4.98 Å². The number of pyridine rings is 1. The molecule has 49 heavy (non-hydrogen) atoms. The van der Waals surface area contributed by atoms with Crippen molar-refractivity contribution in [1.82, 2.24) is 9.97 Å². The molecule has 0 bridgehead atoms. The van der Waals surface area contributed by atoms with Gasteiger partial charge in [0.2, 0.25) is 5.75 Å². The topological polar surface area (TPSA) is 190 Å². The number of carbonyl (C=O) groups is 1. The van der Waals surface area contributed by atoms with Gasteiger partial charge in [0.05, 0.1) is 31.8 Å². The number of nitrogens with two attached hydrogens (primary N) is 1. The van der Waals surface area contributed by atoms with E-state index in [1.807, 2.05) is 24.3 Å². The Balaban J connectivity index is 1.40. The normalized spacial score (nSPS) is 21.4. The Labute approximate surface area is 285 Å². The van der Waals surface area contributed by atoms with E-state index in [4.69, 9.17) is 15.2 Å². The van der Waals surface area contributed by atoms with E-state index in [1.54, 1.807) is 30.6 Å². The predicted octanol–water partition coefficient (Wildman–Crippen LogP) is 4.13. The highest BCUT2D eigenvalue weighted by Crippen LogP contribution is 2.54. The van der Waals surface area contributed by atoms with Crippen molar-refractivity contribution in [3.05, 3.63) is 88.9 Å². The summed E-state index contributed by atoms with van der Waals surface area (Å²) in [6.45, 7) is 0.521. The molecule has 0 saturated heterocycles. The molecule has 2 aliphatic rings. The van der Waals surface area contributed by atoms with Crippen LogP contribution in [0.3, 0.4) is 0 Å². The molecule has 6 rings (SSSR count). The second-order valence-electron chi connectivity index (χ2n) is 13.3. The van der Waals surface area contributed by atoms with Crippen LogP contribution in [0, 0.1) is 11.8 Å². The Bertz CT molecular complexity index is 1780. The zero-order chi connectivity index (χ0) is 34.7. The third-order valence-corrected chi connectivity index (χ3v) is 10.5. The molecular formula is C38H44N3O8-. The van der Waals surface area contributed by atoms with Crippen molar-refractivity contribution >= 4 is 11.6 Å². The van der Waals surface area contributed by atoms with Crippen LogP contribution < -0.4 is 20.2 Å². The van der Waals surface area contributed by atoms with Crippen LogP contribution in [0.5, 0.6) is 28.7 Å². The lowest BCUT2D eigenvalue weighted by Gasteiger charge is -2.45. The van der Waals surface area contributed by atoms with Gasteiger partial charge in [-0.2, -0.15) is 11.9 Å². The molecule has 2 aromatic heterocycles. The molecule has 11 nitrogen and oxygen atoms in total. The smallest absolute Gasteiger partial charge is 0.200 e. The number of phenolic OH excluding ortho intramolecular Hbond substituents is 3. The van der Waals surface area contributed by atoms with Gasteiger partial charge in [0.15, 0.2) is 23.0 Å². The van der Waals surface area contributed by atoms with E-state index in [2.05, 4.69) is 9.97 Å². The Morgan fingerprint density at radius 2 is 1.98 bits per heavy atom. The van der Waals surface area contributed by atoms with Crippen molar-refractivity contribution in [2.24, 2.45) is 11.8 Å². The lowest BCUT2D eigenvalue weighted by molar-refractivity contribution is -0.132. The predicted molar refractivity (Wildman–Crippen MR) is 182 cm³/mol. The lowest BCUT2D eigenvalue weighted by Crippen LogP contribution is -2.51. The highest BCUT2D eigenvalue weighted by atomic mass is 16.5. The number of methoxy groups -OCH3 is 1. The van der Waals surface area contributed by atoms with Crippen LogP contribution in [0.1, 0.15) is 60.1 Å². The van der Waals surface area contributed by atoms with Crippen LogP contribution in [-0.2, 0) is 35.9 Å². The fourth-order valence-corrected chi connectivity index (χ4v) is 8.21. The molecule has 7 N–H and O–H groups in total. The van der Waals surface area contributed by atoms with E-state index in [0.717, 1.165) is 35.2 Å². The first-order valence-electron chi connectivity index (χ1n) is 16.8. The van der Waals surface area contributed by atoms with Gasteiger partial charge >= 0.3 is 0 Å². The second-order valence-corrected chi connectivity index (χ2v) is 13.3. The average molecular weight is 671 g/mol. The summed E-state index contributed by atoms with van der Waals surface area (Å²) < 4.78 is 11.0. The second kappa shape index (κ2) is 14.4. The molecule has 1 aliphatic heterocycles. The van der Waals surface area contributed by atoms with Gasteiger partial charge in [0, 0.05) is 23.6 Å². The first-order valence-corrected chi connectivity index (χ1v) is 16.8. The Kier molecular flexibility index (Phi) is 10.0. The van der Waals surface area contributed by atoms with Gasteiger partial charge in [-0.05, 0) is 104 Å². The first-order chi connectivity index (χ1) is 23.6. The van der Waals surface area contributed by atoms with Crippen molar-refractivity contribution in [3.63, 3.8) is 0 Å². The third-order valence-electron chi connectivity index (χ3n) is 10.5. The number of hydrogen-bond donors (Lipinski definition) is 6. The fraction of sp³-hybridized carbons (Fsp3) is 0.421. The Hall–Kier alpha value is -4.74. The summed E-state index contributed by atoms with van der Waals surface area (Å²) in [6.07, 6.45) is 5.06. The van der Waals surface area contributed by atoms with E-state index < -0.39 is 29.5 Å². The largest absolute Gasteiger partial charge is 0.668 e. The monoisotopic (exact) mass is 670 g/mol. The zero-order valence-electron chi connectivity index (χ0n) is 27.6. The van der Waals surface area contributed by atoms with Gasteiger partial charge in [-0.1, -0.05) is 18.2 Å². The van der Waals surface area contributed by atoms with Crippen molar-refractivity contribution in [2.45, 2.75) is 75.4 Å². The number of aliphatic hydroxyl groups is 2. The van der Waals surface area contributed by atoms with E-state index >= 15 is 0 Å². The molecule has 3 heterocycles. The summed E-state index contributed by atoms with van der Waals surface area (Å²) in [5.74, 6) is -1.46. The standard InChI is InChI=1S/C38H44N3O8/c1-48-33-19-22(18-32(46)36(33)47)6-9-29(43)35(30(44)10-7-23-8-11-31(45)37-26(23)5-3-17-49-37)38(24-13-16-41-34(39)20-24)14-12-28(42)27(38)21-25-4-2-15-40-25/h2,4,8,11,13,15-16,18-20,27-28,30,35,42,44-47H,3,5-7,9-10,12,14,17,21H2,1H3,(H2,39,41)/q-1/t27-,28+,30-,35-,38-/m1/s1. The summed E-state index contributed by atoms with van der Waals surface area (Å²) in [7, 11) is 1.38. The number of aromatic nitrogens is 2. The zero-order valence-corrected chi connectivity index (χ0v) is 27.6. The molecule has 2 aromatic carbocycles. The summed E-state index contributed by atoms with van der Waals surface area (Å²) in [5, 5.41) is 54.8. The summed E-state index contributed by atoms with van der Waals surface area (Å²) in [4.78, 5) is 23.5. The fourth-order valence-electron chi connectivity index (χ4n) is 8.21. The number of hydrogen-bond acceptors (Lipinski definition) is 10. The third kappa shape index (κ3) is 6.78. The maximum absolute atomic E-state index is 14.8. The quantitative estimate of drug-likeness (QED) is 0.112. The molecule has 260 valence electrons. The van der Waals surface area contributed by atoms with Crippen molar-refractivity contribution in [3.8, 4) is 28.7 Å². The SMILES string of the molecule is COc1cc(CCC(=O)[C@H]([C@H](O)CCc2ccc(O)c3c2CCCO3)[C@@]2(c3ccnc(N)c3)CC[C@H](O)[C@H]2Cc2ccc[n-]2)cc(O)c1O. The number of nitrogens with zero attached hydrogens (tertiary/aromatic N) is 2. The number of rotatable bonds is 13. The number of nitrogen functional groups attached to an aromatic ring is 1. The maximum Gasteiger partial charge on any atom is 0.200 e. The van der Waals surface area contributed by atoms with Crippen molar-refractivity contribution < 1.29 is 39.8 Å². The molecule has 5 atom stereocenters. The van der Waals surface area contributed by atoms with E-state index in [1.165, 1.54) is 13.2 Å². The van der Waals surface area contributed by atoms with Crippen LogP contribution in [0.4, 0.5) is 5.82 Å². The van der Waals surface area contributed by atoms with Crippen LogP contribution >= 0.6 is 0 Å². The van der Waals surface area contributed by atoms with Gasteiger partial charge in [-0.15, -0.1) is 0 Å². The Morgan fingerprint density at radius 3 is 2.73 bits per heavy atom. The minimum absolute atomic E-state index is 0.0112. The molecule has 1 fully saturated rings. The highest BCUT2D eigenvalue weighted by molar-refractivity contribution is 5.84.